The van der Waals surface area contributed by atoms with Crippen LogP contribution in [0.15, 0.2) is 34.9 Å². The van der Waals surface area contributed by atoms with E-state index in [-0.39, 0.29) is 11.6 Å². The van der Waals surface area contributed by atoms with Crippen LogP contribution in [0.1, 0.15) is 5.56 Å². The lowest BCUT2D eigenvalue weighted by Gasteiger charge is -2.09. The van der Waals surface area contributed by atoms with Crippen molar-refractivity contribution in [3.63, 3.8) is 0 Å². The highest BCUT2D eigenvalue weighted by Gasteiger charge is 2.13. The van der Waals surface area contributed by atoms with Gasteiger partial charge in [-0.25, -0.2) is 4.98 Å². The molecule has 0 aliphatic heterocycles. The fraction of sp³-hybridized carbons (Fsp3) is 0.0833. The highest BCUT2D eigenvalue weighted by Crippen LogP contribution is 2.32. The Labute approximate surface area is 117 Å². The molecule has 0 aliphatic rings. The topological polar surface area (TPSA) is 91.3 Å². The standard InChI is InChI=1S/C12H10BrN3O3/c1-7-4-8(14)2-3-11(7)19-12-10(13)5-9(6-15-12)16(17)18/h2-6H,14H2,1H3. The molecule has 1 aromatic heterocycles. The average molecular weight is 324 g/mol. The van der Waals surface area contributed by atoms with Crippen LogP contribution in [0.4, 0.5) is 11.4 Å². The summed E-state index contributed by atoms with van der Waals surface area (Å²) in [5.74, 6) is 0.856. The van der Waals surface area contributed by atoms with Gasteiger partial charge in [-0.15, -0.1) is 0 Å². The van der Waals surface area contributed by atoms with Gasteiger partial charge >= 0.3 is 0 Å². The SMILES string of the molecule is Cc1cc(N)ccc1Oc1ncc([N+](=O)[O-])cc1Br. The highest BCUT2D eigenvalue weighted by atomic mass is 79.9. The molecule has 2 rings (SSSR count). The van der Waals surface area contributed by atoms with Gasteiger partial charge in [-0.1, -0.05) is 0 Å². The van der Waals surface area contributed by atoms with Gasteiger partial charge in [0.15, 0.2) is 0 Å². The summed E-state index contributed by atoms with van der Waals surface area (Å²) in [6, 6.07) is 6.55. The Balaban J connectivity index is 2.31. The van der Waals surface area contributed by atoms with E-state index in [1.807, 2.05) is 6.92 Å². The molecule has 0 fully saturated rings. The average Bonchev–Trinajstić information content (AvgIpc) is 2.34. The Morgan fingerprint density at radius 1 is 1.42 bits per heavy atom. The first-order chi connectivity index (χ1) is 8.97. The number of anilines is 1. The van der Waals surface area contributed by atoms with Crippen LogP contribution in [0, 0.1) is 17.0 Å². The van der Waals surface area contributed by atoms with E-state index in [1.54, 1.807) is 18.2 Å². The molecule has 0 spiro atoms. The quantitative estimate of drug-likeness (QED) is 0.530. The zero-order chi connectivity index (χ0) is 14.0. The number of pyridine rings is 1. The molecule has 6 nitrogen and oxygen atoms in total. The maximum atomic E-state index is 10.6. The van der Waals surface area contributed by atoms with Gasteiger partial charge in [-0.2, -0.15) is 0 Å². The first kappa shape index (κ1) is 13.3. The number of hydrogen-bond acceptors (Lipinski definition) is 5. The third-order valence-corrected chi connectivity index (χ3v) is 2.98. The van der Waals surface area contributed by atoms with E-state index in [0.29, 0.717) is 15.9 Å². The number of nitrogen functional groups attached to an aromatic ring is 1. The maximum Gasteiger partial charge on any atom is 0.288 e. The summed E-state index contributed by atoms with van der Waals surface area (Å²) in [6.45, 7) is 1.85. The smallest absolute Gasteiger partial charge is 0.288 e. The molecule has 98 valence electrons. The van der Waals surface area contributed by atoms with Gasteiger partial charge in [0, 0.05) is 11.8 Å². The van der Waals surface area contributed by atoms with Crippen LogP contribution < -0.4 is 10.5 Å². The Morgan fingerprint density at radius 2 is 2.16 bits per heavy atom. The van der Waals surface area contributed by atoms with Gasteiger partial charge < -0.3 is 10.5 Å². The van der Waals surface area contributed by atoms with Crippen LogP contribution in [0.5, 0.6) is 11.6 Å². The van der Waals surface area contributed by atoms with E-state index in [4.69, 9.17) is 10.5 Å². The molecule has 0 atom stereocenters. The molecule has 0 aliphatic carbocycles. The van der Waals surface area contributed by atoms with Crippen molar-refractivity contribution in [2.24, 2.45) is 0 Å². The first-order valence-electron chi connectivity index (χ1n) is 5.31. The van der Waals surface area contributed by atoms with E-state index in [9.17, 15) is 10.1 Å². The fourth-order valence-electron chi connectivity index (χ4n) is 1.48. The van der Waals surface area contributed by atoms with Crippen molar-refractivity contribution in [3.05, 3.63) is 50.6 Å². The minimum Gasteiger partial charge on any atom is -0.438 e. The van der Waals surface area contributed by atoms with Gasteiger partial charge in [-0.05, 0) is 46.6 Å². The number of nitrogens with two attached hydrogens (primary N) is 1. The normalized spacial score (nSPS) is 10.2. The second-order valence-corrected chi connectivity index (χ2v) is 4.72. The molecule has 0 bridgehead atoms. The number of aromatic nitrogens is 1. The van der Waals surface area contributed by atoms with Crippen LogP contribution in [-0.4, -0.2) is 9.91 Å². The first-order valence-corrected chi connectivity index (χ1v) is 6.10. The summed E-state index contributed by atoms with van der Waals surface area (Å²) >= 11 is 3.20. The van der Waals surface area contributed by atoms with E-state index >= 15 is 0 Å². The van der Waals surface area contributed by atoms with E-state index in [2.05, 4.69) is 20.9 Å². The van der Waals surface area contributed by atoms with E-state index in [1.165, 1.54) is 6.07 Å². The molecule has 1 aromatic carbocycles. The predicted molar refractivity (Wildman–Crippen MR) is 74.3 cm³/mol. The minimum absolute atomic E-state index is 0.103. The summed E-state index contributed by atoms with van der Waals surface area (Å²) in [5, 5.41) is 10.6. The third-order valence-electron chi connectivity index (χ3n) is 2.41. The monoisotopic (exact) mass is 323 g/mol. The van der Waals surface area contributed by atoms with Crippen LogP contribution in [0.2, 0.25) is 0 Å². The molecule has 0 unspecified atom stereocenters. The maximum absolute atomic E-state index is 10.6. The molecular weight excluding hydrogens is 314 g/mol. The second-order valence-electron chi connectivity index (χ2n) is 3.86. The summed E-state index contributed by atoms with van der Waals surface area (Å²) < 4.78 is 6.01. The Kier molecular flexibility index (Phi) is 3.66. The number of hydrogen-bond donors (Lipinski definition) is 1. The van der Waals surface area contributed by atoms with Crippen LogP contribution in [0.25, 0.3) is 0 Å². The van der Waals surface area contributed by atoms with Crippen molar-refractivity contribution < 1.29 is 9.66 Å². The van der Waals surface area contributed by atoms with Crippen LogP contribution >= 0.6 is 15.9 Å². The predicted octanol–water partition coefficient (Wildman–Crippen LogP) is 3.44. The van der Waals surface area contributed by atoms with Gasteiger partial charge in [0.2, 0.25) is 5.88 Å². The lowest BCUT2D eigenvalue weighted by atomic mass is 10.2. The number of halogens is 1. The van der Waals surface area contributed by atoms with Crippen LogP contribution in [-0.2, 0) is 0 Å². The number of aryl methyl sites for hydroxylation is 1. The highest BCUT2D eigenvalue weighted by molar-refractivity contribution is 9.10. The minimum atomic E-state index is -0.518. The van der Waals surface area contributed by atoms with Crippen LogP contribution in [0.3, 0.4) is 0 Å². The Morgan fingerprint density at radius 3 is 2.74 bits per heavy atom. The molecule has 0 radical (unpaired) electrons. The molecule has 0 amide bonds. The molecular formula is C12H10BrN3O3. The van der Waals surface area contributed by atoms with Gasteiger partial charge in [0.05, 0.1) is 9.40 Å². The molecule has 0 saturated heterocycles. The largest absolute Gasteiger partial charge is 0.438 e. The Bertz CT molecular complexity index is 646. The molecule has 1 heterocycles. The number of rotatable bonds is 3. The fourth-order valence-corrected chi connectivity index (χ4v) is 1.90. The lowest BCUT2D eigenvalue weighted by molar-refractivity contribution is -0.385. The van der Waals surface area contributed by atoms with Gasteiger partial charge in [0.25, 0.3) is 5.69 Å². The summed E-state index contributed by atoms with van der Waals surface area (Å²) in [4.78, 5) is 14.0. The molecule has 0 saturated carbocycles. The van der Waals surface area contributed by atoms with Crippen molar-refractivity contribution in [1.29, 1.82) is 0 Å². The van der Waals surface area contributed by atoms with Crippen molar-refractivity contribution >= 4 is 27.3 Å². The van der Waals surface area contributed by atoms with E-state index < -0.39 is 4.92 Å². The molecule has 7 heteroatoms. The van der Waals surface area contributed by atoms with Crippen molar-refractivity contribution in [3.8, 4) is 11.6 Å². The number of benzene rings is 1. The number of nitro groups is 1. The summed E-state index contributed by atoms with van der Waals surface area (Å²) in [5.41, 5.74) is 7.04. The van der Waals surface area contributed by atoms with Crippen molar-refractivity contribution in [2.75, 3.05) is 5.73 Å². The number of nitrogens with zero attached hydrogens (tertiary/aromatic N) is 2. The second kappa shape index (κ2) is 5.23. The summed E-state index contributed by atoms with van der Waals surface area (Å²) in [6.07, 6.45) is 1.15. The van der Waals surface area contributed by atoms with Gasteiger partial charge in [-0.3, -0.25) is 10.1 Å². The zero-order valence-corrected chi connectivity index (χ0v) is 11.5. The summed E-state index contributed by atoms with van der Waals surface area (Å²) in [7, 11) is 0. The molecule has 2 aromatic rings. The Hall–Kier alpha value is -2.15. The lowest BCUT2D eigenvalue weighted by Crippen LogP contribution is -1.95. The molecule has 2 N–H and O–H groups in total. The molecule has 19 heavy (non-hydrogen) atoms. The van der Waals surface area contributed by atoms with E-state index in [0.717, 1.165) is 11.8 Å². The third kappa shape index (κ3) is 3.00. The zero-order valence-electron chi connectivity index (χ0n) is 9.96. The van der Waals surface area contributed by atoms with Crippen molar-refractivity contribution in [2.45, 2.75) is 6.92 Å². The van der Waals surface area contributed by atoms with Gasteiger partial charge in [0.1, 0.15) is 11.9 Å². The number of ether oxygens (including phenoxy) is 1. The van der Waals surface area contributed by atoms with Crippen molar-refractivity contribution in [1.82, 2.24) is 4.98 Å².